The maximum Gasteiger partial charge on any atom is 0.0809 e. The first kappa shape index (κ1) is 10.8. The first-order valence-electron chi connectivity index (χ1n) is 6.66. The molecule has 0 aromatic carbocycles. The van der Waals surface area contributed by atoms with Crippen LogP contribution < -0.4 is 0 Å². The molecule has 3 rings (SSSR count). The van der Waals surface area contributed by atoms with Crippen LogP contribution in [-0.2, 0) is 9.47 Å². The molecule has 1 aliphatic heterocycles. The van der Waals surface area contributed by atoms with Crippen molar-refractivity contribution in [2.75, 3.05) is 19.8 Å². The first-order chi connectivity index (χ1) is 7.77. The lowest BCUT2D eigenvalue weighted by Gasteiger charge is -2.29. The molecular weight excluding hydrogens is 200 g/mol. The molecule has 2 bridgehead atoms. The van der Waals surface area contributed by atoms with Crippen molar-refractivity contribution in [3.8, 4) is 0 Å². The van der Waals surface area contributed by atoms with Crippen molar-refractivity contribution in [3.63, 3.8) is 0 Å². The highest BCUT2D eigenvalue weighted by molar-refractivity contribution is 5.17. The molecule has 1 saturated heterocycles. The largest absolute Gasteiger partial charge is 0.379 e. The Hall–Kier alpha value is -0.340. The lowest BCUT2D eigenvalue weighted by Crippen LogP contribution is -2.30. The minimum absolute atomic E-state index is 0.353. The Kier molecular flexibility index (Phi) is 2.80. The van der Waals surface area contributed by atoms with Gasteiger partial charge in [0.1, 0.15) is 0 Å². The van der Waals surface area contributed by atoms with Crippen LogP contribution in [-0.4, -0.2) is 25.9 Å². The monoisotopic (exact) mass is 222 g/mol. The lowest BCUT2D eigenvalue weighted by atomic mass is 9.86. The Balaban J connectivity index is 1.53. The van der Waals surface area contributed by atoms with Crippen LogP contribution in [0.2, 0.25) is 0 Å². The van der Waals surface area contributed by atoms with Crippen molar-refractivity contribution in [2.24, 2.45) is 17.3 Å². The Labute approximate surface area is 98.0 Å². The molecule has 2 heteroatoms. The van der Waals surface area contributed by atoms with Gasteiger partial charge in [-0.2, -0.15) is 0 Å². The zero-order chi connectivity index (χ0) is 11.0. The van der Waals surface area contributed by atoms with Gasteiger partial charge in [-0.25, -0.2) is 0 Å². The van der Waals surface area contributed by atoms with Crippen LogP contribution in [0, 0.1) is 17.3 Å². The molecule has 90 valence electrons. The fourth-order valence-corrected chi connectivity index (χ4v) is 3.56. The van der Waals surface area contributed by atoms with E-state index in [1.165, 1.54) is 19.3 Å². The summed E-state index contributed by atoms with van der Waals surface area (Å²) in [7, 11) is 0. The summed E-state index contributed by atoms with van der Waals surface area (Å²) in [6.07, 6.45) is 10.2. The molecule has 0 amide bonds. The van der Waals surface area contributed by atoms with E-state index in [2.05, 4.69) is 19.1 Å². The van der Waals surface area contributed by atoms with Crippen LogP contribution in [0.1, 0.15) is 32.6 Å². The van der Waals surface area contributed by atoms with E-state index in [4.69, 9.17) is 9.47 Å². The Morgan fingerprint density at radius 2 is 2.38 bits per heavy atom. The van der Waals surface area contributed by atoms with Gasteiger partial charge in [0.25, 0.3) is 0 Å². The predicted octanol–water partition coefficient (Wildman–Crippen LogP) is 2.78. The number of hydrogen-bond donors (Lipinski definition) is 0. The molecule has 0 N–H and O–H groups in total. The number of hydrogen-bond acceptors (Lipinski definition) is 2. The molecular formula is C14H22O2. The number of ether oxygens (including phenoxy) is 2. The van der Waals surface area contributed by atoms with Gasteiger partial charge in [0.2, 0.25) is 0 Å². The average molecular weight is 222 g/mol. The van der Waals surface area contributed by atoms with Crippen molar-refractivity contribution < 1.29 is 9.47 Å². The molecule has 2 fully saturated rings. The molecule has 1 saturated carbocycles. The molecule has 2 nitrogen and oxygen atoms in total. The van der Waals surface area contributed by atoms with Crippen LogP contribution in [0.4, 0.5) is 0 Å². The van der Waals surface area contributed by atoms with Crippen molar-refractivity contribution in [2.45, 2.75) is 38.7 Å². The molecule has 3 aliphatic rings. The van der Waals surface area contributed by atoms with Gasteiger partial charge in [-0.15, -0.1) is 0 Å². The lowest BCUT2D eigenvalue weighted by molar-refractivity contribution is -0.0687. The van der Waals surface area contributed by atoms with Crippen LogP contribution in [0.3, 0.4) is 0 Å². The average Bonchev–Trinajstić information content (AvgIpc) is 2.86. The number of fused-ring (bicyclic) bond motifs is 2. The first-order valence-corrected chi connectivity index (χ1v) is 6.66. The van der Waals surface area contributed by atoms with Gasteiger partial charge in [0, 0.05) is 12.0 Å². The molecule has 4 atom stereocenters. The predicted molar refractivity (Wildman–Crippen MR) is 63.3 cm³/mol. The number of rotatable bonds is 3. The molecule has 0 aromatic heterocycles. The third kappa shape index (κ3) is 1.93. The van der Waals surface area contributed by atoms with Gasteiger partial charge in [-0.1, -0.05) is 19.1 Å². The maximum atomic E-state index is 6.06. The normalized spacial score (nSPS) is 46.4. The second-order valence-electron chi connectivity index (χ2n) is 5.92. The summed E-state index contributed by atoms with van der Waals surface area (Å²) in [4.78, 5) is 0. The van der Waals surface area contributed by atoms with E-state index in [1.807, 2.05) is 0 Å². The summed E-state index contributed by atoms with van der Waals surface area (Å²) in [6.45, 7) is 5.01. The topological polar surface area (TPSA) is 18.5 Å². The van der Waals surface area contributed by atoms with Crippen LogP contribution in [0.25, 0.3) is 0 Å². The molecule has 1 heterocycles. The fourth-order valence-electron chi connectivity index (χ4n) is 3.56. The summed E-state index contributed by atoms with van der Waals surface area (Å²) in [5.74, 6) is 1.68. The van der Waals surface area contributed by atoms with Gasteiger partial charge in [0.05, 0.1) is 19.3 Å². The zero-order valence-corrected chi connectivity index (χ0v) is 10.2. The van der Waals surface area contributed by atoms with E-state index in [9.17, 15) is 0 Å². The van der Waals surface area contributed by atoms with E-state index in [0.717, 1.165) is 38.1 Å². The van der Waals surface area contributed by atoms with E-state index in [0.29, 0.717) is 11.5 Å². The maximum absolute atomic E-state index is 6.06. The Morgan fingerprint density at radius 1 is 1.44 bits per heavy atom. The van der Waals surface area contributed by atoms with E-state index < -0.39 is 0 Å². The van der Waals surface area contributed by atoms with Crippen molar-refractivity contribution in [1.29, 1.82) is 0 Å². The quantitative estimate of drug-likeness (QED) is 0.684. The van der Waals surface area contributed by atoms with Crippen LogP contribution >= 0.6 is 0 Å². The van der Waals surface area contributed by atoms with Crippen LogP contribution in [0.15, 0.2) is 12.2 Å². The molecule has 0 aromatic rings. The fraction of sp³-hybridized carbons (Fsp3) is 0.857. The SMILES string of the molecule is CC1CC2(COC3CCCOC3)C=CC1C2. The summed E-state index contributed by atoms with van der Waals surface area (Å²) in [5.41, 5.74) is 0.377. The molecule has 0 spiro atoms. The van der Waals surface area contributed by atoms with Gasteiger partial charge >= 0.3 is 0 Å². The minimum Gasteiger partial charge on any atom is -0.379 e. The molecule has 4 unspecified atom stereocenters. The zero-order valence-electron chi connectivity index (χ0n) is 10.2. The van der Waals surface area contributed by atoms with Crippen molar-refractivity contribution in [1.82, 2.24) is 0 Å². The summed E-state index contributed by atoms with van der Waals surface area (Å²) in [6, 6.07) is 0. The van der Waals surface area contributed by atoms with Gasteiger partial charge in [-0.3, -0.25) is 0 Å². The molecule has 2 aliphatic carbocycles. The second kappa shape index (κ2) is 4.15. The summed E-state index contributed by atoms with van der Waals surface area (Å²) in [5, 5.41) is 0. The third-order valence-electron chi connectivity index (χ3n) is 4.52. The van der Waals surface area contributed by atoms with E-state index in [-0.39, 0.29) is 0 Å². The van der Waals surface area contributed by atoms with Gasteiger partial charge in [0.15, 0.2) is 0 Å². The second-order valence-corrected chi connectivity index (χ2v) is 5.92. The van der Waals surface area contributed by atoms with Gasteiger partial charge in [-0.05, 0) is 37.5 Å². The minimum atomic E-state index is 0.353. The Bertz CT molecular complexity index is 280. The summed E-state index contributed by atoms with van der Waals surface area (Å²) < 4.78 is 11.5. The van der Waals surface area contributed by atoms with Crippen molar-refractivity contribution in [3.05, 3.63) is 12.2 Å². The standard InChI is InChI=1S/C14H22O2/c1-11-7-14(5-4-12(11)8-14)10-16-13-3-2-6-15-9-13/h4-5,11-13H,2-3,6-10H2,1H3. The Morgan fingerprint density at radius 3 is 3.00 bits per heavy atom. The number of allylic oxidation sites excluding steroid dienone is 1. The highest BCUT2D eigenvalue weighted by atomic mass is 16.5. The van der Waals surface area contributed by atoms with Gasteiger partial charge < -0.3 is 9.47 Å². The molecule has 0 radical (unpaired) electrons. The third-order valence-corrected chi connectivity index (χ3v) is 4.52. The smallest absolute Gasteiger partial charge is 0.0809 e. The highest BCUT2D eigenvalue weighted by Crippen LogP contribution is 2.52. The van der Waals surface area contributed by atoms with Crippen LogP contribution in [0.5, 0.6) is 0 Å². The molecule has 16 heavy (non-hydrogen) atoms. The van der Waals surface area contributed by atoms with Crippen molar-refractivity contribution >= 4 is 0 Å². The highest BCUT2D eigenvalue weighted by Gasteiger charge is 2.45. The van der Waals surface area contributed by atoms with E-state index in [1.54, 1.807) is 0 Å². The summed E-state index contributed by atoms with van der Waals surface area (Å²) >= 11 is 0. The van der Waals surface area contributed by atoms with E-state index >= 15 is 0 Å².